The van der Waals surface area contributed by atoms with Gasteiger partial charge in [-0.2, -0.15) is 0 Å². The number of nitrogens with zero attached hydrogens (tertiary/aromatic N) is 1. The van der Waals surface area contributed by atoms with E-state index in [0.717, 1.165) is 23.7 Å². The molecule has 1 N–H and O–H groups in total. The summed E-state index contributed by atoms with van der Waals surface area (Å²) < 4.78 is 5.68. The van der Waals surface area contributed by atoms with E-state index in [0.29, 0.717) is 0 Å². The van der Waals surface area contributed by atoms with Crippen molar-refractivity contribution in [1.29, 1.82) is 0 Å². The van der Waals surface area contributed by atoms with Crippen molar-refractivity contribution in [1.82, 2.24) is 10.3 Å². The number of benzene rings is 1. The van der Waals surface area contributed by atoms with Crippen molar-refractivity contribution in [2.24, 2.45) is 0 Å². The molecule has 1 heterocycles. The van der Waals surface area contributed by atoms with Gasteiger partial charge in [-0.05, 0) is 43.8 Å². The average Bonchev–Trinajstić information content (AvgIpc) is 2.35. The summed E-state index contributed by atoms with van der Waals surface area (Å²) in [4.78, 5) is 4.19. The van der Waals surface area contributed by atoms with E-state index in [9.17, 15) is 0 Å². The Bertz CT molecular complexity index is 463. The van der Waals surface area contributed by atoms with Gasteiger partial charge in [-0.25, -0.2) is 0 Å². The van der Waals surface area contributed by atoms with E-state index in [1.165, 1.54) is 5.56 Å². The number of pyridine rings is 1. The number of aryl methyl sites for hydroxylation is 1. The van der Waals surface area contributed by atoms with Crippen molar-refractivity contribution >= 4 is 0 Å². The molecule has 2 aromatic rings. The van der Waals surface area contributed by atoms with Crippen molar-refractivity contribution in [3.05, 3.63) is 53.9 Å². The van der Waals surface area contributed by atoms with Gasteiger partial charge in [-0.1, -0.05) is 12.1 Å². The number of aromatic nitrogens is 1. The Morgan fingerprint density at radius 3 is 2.35 bits per heavy atom. The zero-order valence-electron chi connectivity index (χ0n) is 10.1. The molecule has 17 heavy (non-hydrogen) atoms. The minimum Gasteiger partial charge on any atom is -0.456 e. The molecule has 1 aromatic carbocycles. The predicted octanol–water partition coefficient (Wildman–Crippen LogP) is 2.90. The summed E-state index contributed by atoms with van der Waals surface area (Å²) in [6, 6.07) is 11.9. The zero-order chi connectivity index (χ0) is 12.1. The number of nitrogens with one attached hydrogen (secondary N) is 1. The second-order valence-corrected chi connectivity index (χ2v) is 3.91. The highest BCUT2D eigenvalue weighted by atomic mass is 16.5. The van der Waals surface area contributed by atoms with Crippen LogP contribution in [0.2, 0.25) is 0 Å². The van der Waals surface area contributed by atoms with Crippen LogP contribution in [0.4, 0.5) is 0 Å². The molecule has 0 spiro atoms. The van der Waals surface area contributed by atoms with E-state index in [1.807, 2.05) is 50.4 Å². The van der Waals surface area contributed by atoms with Crippen LogP contribution >= 0.6 is 0 Å². The molecule has 0 saturated carbocycles. The van der Waals surface area contributed by atoms with Crippen molar-refractivity contribution in [3.8, 4) is 11.5 Å². The van der Waals surface area contributed by atoms with Crippen molar-refractivity contribution in [2.45, 2.75) is 13.5 Å². The minimum atomic E-state index is 0.761. The van der Waals surface area contributed by atoms with Crippen LogP contribution in [-0.4, -0.2) is 12.0 Å². The van der Waals surface area contributed by atoms with Crippen LogP contribution in [-0.2, 0) is 6.54 Å². The van der Waals surface area contributed by atoms with Crippen LogP contribution in [0.15, 0.2) is 42.6 Å². The fourth-order valence-corrected chi connectivity index (χ4v) is 1.53. The third-order valence-electron chi connectivity index (χ3n) is 2.42. The molecule has 88 valence electrons. The molecule has 0 fully saturated rings. The van der Waals surface area contributed by atoms with Crippen LogP contribution in [0.1, 0.15) is 11.3 Å². The number of hydrogen-bond donors (Lipinski definition) is 1. The lowest BCUT2D eigenvalue weighted by atomic mass is 10.2. The van der Waals surface area contributed by atoms with Crippen LogP contribution < -0.4 is 10.1 Å². The van der Waals surface area contributed by atoms with E-state index in [4.69, 9.17) is 4.74 Å². The lowest BCUT2D eigenvalue weighted by Crippen LogP contribution is -2.04. The molecule has 0 bridgehead atoms. The van der Waals surface area contributed by atoms with Crippen LogP contribution in [0.25, 0.3) is 0 Å². The molecule has 0 aliphatic carbocycles. The fraction of sp³-hybridized carbons (Fsp3) is 0.214. The van der Waals surface area contributed by atoms with E-state index in [2.05, 4.69) is 10.3 Å². The Balaban J connectivity index is 2.05. The molecule has 0 aliphatic rings. The predicted molar refractivity (Wildman–Crippen MR) is 68.3 cm³/mol. The molecule has 0 atom stereocenters. The summed E-state index contributed by atoms with van der Waals surface area (Å²) in [6.07, 6.45) is 1.73. The maximum absolute atomic E-state index is 5.68. The minimum absolute atomic E-state index is 0.761. The largest absolute Gasteiger partial charge is 0.456 e. The number of hydrogen-bond acceptors (Lipinski definition) is 3. The van der Waals surface area contributed by atoms with E-state index in [1.54, 1.807) is 6.20 Å². The van der Waals surface area contributed by atoms with Gasteiger partial charge in [0.25, 0.3) is 0 Å². The zero-order valence-corrected chi connectivity index (χ0v) is 10.1. The Labute approximate surface area is 101 Å². The Morgan fingerprint density at radius 1 is 1.06 bits per heavy atom. The lowest BCUT2D eigenvalue weighted by molar-refractivity contribution is 0.479. The van der Waals surface area contributed by atoms with Crippen molar-refractivity contribution < 1.29 is 4.74 Å². The van der Waals surface area contributed by atoms with Gasteiger partial charge in [-0.3, -0.25) is 4.98 Å². The fourth-order valence-electron chi connectivity index (χ4n) is 1.53. The Kier molecular flexibility index (Phi) is 3.73. The summed E-state index contributed by atoms with van der Waals surface area (Å²) in [5, 5.41) is 3.11. The smallest absolute Gasteiger partial charge is 0.145 e. The van der Waals surface area contributed by atoms with Gasteiger partial charge in [0, 0.05) is 12.2 Å². The first-order valence-electron chi connectivity index (χ1n) is 5.62. The second kappa shape index (κ2) is 5.46. The first-order chi connectivity index (χ1) is 8.28. The maximum Gasteiger partial charge on any atom is 0.145 e. The third kappa shape index (κ3) is 3.29. The molecular formula is C14H16N2O. The Morgan fingerprint density at radius 2 is 1.76 bits per heavy atom. The summed E-state index contributed by atoms with van der Waals surface area (Å²) >= 11 is 0. The number of rotatable bonds is 4. The highest BCUT2D eigenvalue weighted by molar-refractivity contribution is 5.32. The van der Waals surface area contributed by atoms with Gasteiger partial charge in [0.15, 0.2) is 0 Å². The lowest BCUT2D eigenvalue weighted by Gasteiger charge is -2.06. The normalized spacial score (nSPS) is 10.2. The maximum atomic E-state index is 5.68. The molecule has 3 heteroatoms. The summed E-state index contributed by atoms with van der Waals surface area (Å²) in [6.45, 7) is 2.82. The number of ether oxygens (including phenoxy) is 1. The van der Waals surface area contributed by atoms with E-state index < -0.39 is 0 Å². The van der Waals surface area contributed by atoms with Crippen LogP contribution in [0.5, 0.6) is 11.5 Å². The van der Waals surface area contributed by atoms with Crippen LogP contribution in [0, 0.1) is 6.92 Å². The molecular weight excluding hydrogens is 212 g/mol. The first-order valence-corrected chi connectivity index (χ1v) is 5.62. The second-order valence-electron chi connectivity index (χ2n) is 3.91. The van der Waals surface area contributed by atoms with Gasteiger partial charge in [-0.15, -0.1) is 0 Å². The quantitative estimate of drug-likeness (QED) is 0.873. The van der Waals surface area contributed by atoms with Gasteiger partial charge in [0.1, 0.15) is 11.5 Å². The SMILES string of the molecule is CNCc1ccc(Oc2ccc(C)nc2)cc1. The van der Waals surface area contributed by atoms with Crippen molar-refractivity contribution in [2.75, 3.05) is 7.05 Å². The standard InChI is InChI=1S/C14H16N2O/c1-11-3-6-14(10-16-11)17-13-7-4-12(5-8-13)9-15-2/h3-8,10,15H,9H2,1-2H3. The molecule has 3 nitrogen and oxygen atoms in total. The highest BCUT2D eigenvalue weighted by Crippen LogP contribution is 2.20. The monoisotopic (exact) mass is 228 g/mol. The van der Waals surface area contributed by atoms with Gasteiger partial charge < -0.3 is 10.1 Å². The molecule has 1 aromatic heterocycles. The van der Waals surface area contributed by atoms with Gasteiger partial charge in [0.05, 0.1) is 6.20 Å². The molecule has 2 rings (SSSR count). The molecule has 0 aliphatic heterocycles. The van der Waals surface area contributed by atoms with E-state index >= 15 is 0 Å². The van der Waals surface area contributed by atoms with Crippen molar-refractivity contribution in [3.63, 3.8) is 0 Å². The molecule has 0 saturated heterocycles. The molecule has 0 radical (unpaired) electrons. The van der Waals surface area contributed by atoms with Gasteiger partial charge in [0.2, 0.25) is 0 Å². The molecule has 0 amide bonds. The van der Waals surface area contributed by atoms with Gasteiger partial charge >= 0.3 is 0 Å². The highest BCUT2D eigenvalue weighted by Gasteiger charge is 1.98. The molecule has 0 unspecified atom stereocenters. The average molecular weight is 228 g/mol. The Hall–Kier alpha value is -1.87. The first kappa shape index (κ1) is 11.6. The summed E-state index contributed by atoms with van der Waals surface area (Å²) in [5.41, 5.74) is 2.23. The van der Waals surface area contributed by atoms with Crippen LogP contribution in [0.3, 0.4) is 0 Å². The topological polar surface area (TPSA) is 34.1 Å². The summed E-state index contributed by atoms with van der Waals surface area (Å²) in [5.74, 6) is 1.59. The summed E-state index contributed by atoms with van der Waals surface area (Å²) in [7, 11) is 1.93. The van der Waals surface area contributed by atoms with E-state index in [-0.39, 0.29) is 0 Å². The third-order valence-corrected chi connectivity index (χ3v) is 2.42.